The van der Waals surface area contributed by atoms with Crippen molar-refractivity contribution in [2.45, 2.75) is 24.0 Å². The highest BCUT2D eigenvalue weighted by atomic mass is 35.5. The van der Waals surface area contributed by atoms with Gasteiger partial charge in [-0.25, -0.2) is 13.1 Å². The van der Waals surface area contributed by atoms with Crippen LogP contribution in [0.1, 0.15) is 6.92 Å². The minimum Gasteiger partial charge on any atom is -0.326 e. The molecule has 0 spiro atoms. The molecule has 0 aromatic heterocycles. The van der Waals surface area contributed by atoms with Gasteiger partial charge < -0.3 is 10.6 Å². The lowest BCUT2D eigenvalue weighted by Crippen LogP contribution is -2.57. The van der Waals surface area contributed by atoms with Crippen LogP contribution in [-0.2, 0) is 14.8 Å². The number of amides is 1. The maximum atomic E-state index is 13.3. The molecular weight excluding hydrogens is 409 g/mol. The van der Waals surface area contributed by atoms with Crippen LogP contribution in [0.2, 0.25) is 0 Å². The SMILES string of the molecule is CC(=O)Nc1ccc(S(=O)(=O)NCC(N2CCNCC2)C(F)(F)F)cc1.Cl. The summed E-state index contributed by atoms with van der Waals surface area (Å²) in [5.74, 6) is -0.317. The Labute approximate surface area is 162 Å². The molecule has 3 N–H and O–H groups in total. The Hall–Kier alpha value is -1.40. The predicted octanol–water partition coefficient (Wildman–Crippen LogP) is 1.18. The van der Waals surface area contributed by atoms with Gasteiger partial charge in [-0.2, -0.15) is 13.2 Å². The molecule has 1 heterocycles. The number of benzene rings is 1. The van der Waals surface area contributed by atoms with Gasteiger partial charge in [0.2, 0.25) is 15.9 Å². The summed E-state index contributed by atoms with van der Waals surface area (Å²) in [6.45, 7) is 1.77. The number of sulfonamides is 1. The van der Waals surface area contributed by atoms with Gasteiger partial charge in [0.25, 0.3) is 0 Å². The van der Waals surface area contributed by atoms with Crippen LogP contribution in [0.5, 0.6) is 0 Å². The zero-order valence-corrected chi connectivity index (χ0v) is 16.2. The molecule has 1 aliphatic heterocycles. The number of carbonyl (C=O) groups excluding carboxylic acids is 1. The second kappa shape index (κ2) is 9.69. The van der Waals surface area contributed by atoms with Gasteiger partial charge in [0.1, 0.15) is 6.04 Å². The third-order valence-electron chi connectivity index (χ3n) is 3.92. The molecule has 2 rings (SSSR count). The van der Waals surface area contributed by atoms with Gasteiger partial charge in [0.05, 0.1) is 4.90 Å². The van der Waals surface area contributed by atoms with Gasteiger partial charge in [-0.1, -0.05) is 0 Å². The van der Waals surface area contributed by atoms with Crippen LogP contribution < -0.4 is 15.4 Å². The normalized spacial score (nSPS) is 17.0. The van der Waals surface area contributed by atoms with Crippen molar-refractivity contribution in [3.05, 3.63) is 24.3 Å². The molecule has 154 valence electrons. The van der Waals surface area contributed by atoms with Gasteiger partial charge in [-0.15, -0.1) is 12.4 Å². The predicted molar refractivity (Wildman–Crippen MR) is 97.5 cm³/mol. The summed E-state index contributed by atoms with van der Waals surface area (Å²) in [5, 5.41) is 5.44. The van der Waals surface area contributed by atoms with Crippen molar-refractivity contribution in [3.8, 4) is 0 Å². The summed E-state index contributed by atoms with van der Waals surface area (Å²) >= 11 is 0. The van der Waals surface area contributed by atoms with Crippen molar-refractivity contribution in [2.75, 3.05) is 38.0 Å². The van der Waals surface area contributed by atoms with Crippen LogP contribution in [0.15, 0.2) is 29.2 Å². The van der Waals surface area contributed by atoms with E-state index in [1.807, 2.05) is 4.72 Å². The van der Waals surface area contributed by atoms with Crippen molar-refractivity contribution in [1.82, 2.24) is 14.9 Å². The molecule has 0 saturated carbocycles. The molecule has 0 bridgehead atoms. The van der Waals surface area contributed by atoms with E-state index in [0.717, 1.165) is 0 Å². The van der Waals surface area contributed by atoms with E-state index in [1.165, 1.54) is 36.1 Å². The fourth-order valence-corrected chi connectivity index (χ4v) is 3.68. The third-order valence-corrected chi connectivity index (χ3v) is 5.36. The van der Waals surface area contributed by atoms with Crippen molar-refractivity contribution in [3.63, 3.8) is 0 Å². The lowest BCUT2D eigenvalue weighted by atomic mass is 10.2. The summed E-state index contributed by atoms with van der Waals surface area (Å²) < 4.78 is 66.6. The Bertz CT molecular complexity index is 723. The Balaban J connectivity index is 0.00000364. The topological polar surface area (TPSA) is 90.5 Å². The zero-order valence-electron chi connectivity index (χ0n) is 14.5. The molecular formula is C15H22ClF3N4O3S. The molecule has 1 atom stereocenters. The van der Waals surface area contributed by atoms with E-state index in [9.17, 15) is 26.4 Å². The Morgan fingerprint density at radius 2 is 1.78 bits per heavy atom. The molecule has 1 amide bonds. The molecule has 1 unspecified atom stereocenters. The van der Waals surface area contributed by atoms with Gasteiger partial charge in [-0.3, -0.25) is 9.69 Å². The number of anilines is 1. The molecule has 27 heavy (non-hydrogen) atoms. The van der Waals surface area contributed by atoms with Gasteiger partial charge in [0.15, 0.2) is 0 Å². The fraction of sp³-hybridized carbons (Fsp3) is 0.533. The molecule has 12 heteroatoms. The van der Waals surface area contributed by atoms with E-state index in [0.29, 0.717) is 18.8 Å². The maximum Gasteiger partial charge on any atom is 0.405 e. The highest BCUT2D eigenvalue weighted by Crippen LogP contribution is 2.25. The average molecular weight is 431 g/mol. The van der Waals surface area contributed by atoms with Crippen LogP contribution >= 0.6 is 12.4 Å². The first-order valence-electron chi connectivity index (χ1n) is 7.98. The zero-order chi connectivity index (χ0) is 19.4. The third kappa shape index (κ3) is 6.92. The molecule has 1 aliphatic rings. The number of halogens is 4. The largest absolute Gasteiger partial charge is 0.405 e. The number of hydrogen-bond acceptors (Lipinski definition) is 5. The van der Waals surface area contributed by atoms with Crippen LogP contribution in [0.3, 0.4) is 0 Å². The molecule has 1 aromatic carbocycles. The number of rotatable bonds is 6. The van der Waals surface area contributed by atoms with Crippen LogP contribution in [-0.4, -0.2) is 64.2 Å². The first kappa shape index (κ1) is 23.6. The van der Waals surface area contributed by atoms with E-state index >= 15 is 0 Å². The van der Waals surface area contributed by atoms with Crippen molar-refractivity contribution < 1.29 is 26.4 Å². The average Bonchev–Trinajstić information content (AvgIpc) is 2.54. The molecule has 1 fully saturated rings. The lowest BCUT2D eigenvalue weighted by molar-refractivity contribution is -0.182. The maximum absolute atomic E-state index is 13.3. The van der Waals surface area contributed by atoms with Gasteiger partial charge in [-0.05, 0) is 24.3 Å². The van der Waals surface area contributed by atoms with Crippen LogP contribution in [0.4, 0.5) is 18.9 Å². The second-order valence-corrected chi connectivity index (χ2v) is 7.67. The van der Waals surface area contributed by atoms with Gasteiger partial charge in [0, 0.05) is 45.3 Å². The van der Waals surface area contributed by atoms with E-state index in [2.05, 4.69) is 10.6 Å². The van der Waals surface area contributed by atoms with Gasteiger partial charge >= 0.3 is 6.18 Å². The molecule has 7 nitrogen and oxygen atoms in total. The summed E-state index contributed by atoms with van der Waals surface area (Å²) in [6.07, 6.45) is -4.55. The number of hydrogen-bond donors (Lipinski definition) is 3. The van der Waals surface area contributed by atoms with E-state index in [-0.39, 0.29) is 36.3 Å². The number of piperazine rings is 1. The number of alkyl halides is 3. The summed E-state index contributed by atoms with van der Waals surface area (Å²) in [4.78, 5) is 12.0. The summed E-state index contributed by atoms with van der Waals surface area (Å²) in [7, 11) is -4.10. The van der Waals surface area contributed by atoms with Crippen molar-refractivity contribution in [1.29, 1.82) is 0 Å². The minimum absolute atomic E-state index is 0. The monoisotopic (exact) mass is 430 g/mol. The highest BCUT2D eigenvalue weighted by molar-refractivity contribution is 7.89. The van der Waals surface area contributed by atoms with E-state index in [1.54, 1.807) is 0 Å². The van der Waals surface area contributed by atoms with E-state index < -0.39 is 28.8 Å². The fourth-order valence-electron chi connectivity index (χ4n) is 2.64. The first-order chi connectivity index (χ1) is 12.1. The number of carbonyl (C=O) groups is 1. The van der Waals surface area contributed by atoms with Crippen LogP contribution in [0, 0.1) is 0 Å². The van der Waals surface area contributed by atoms with E-state index in [4.69, 9.17) is 0 Å². The van der Waals surface area contributed by atoms with Crippen molar-refractivity contribution in [2.24, 2.45) is 0 Å². The molecule has 1 aromatic rings. The first-order valence-corrected chi connectivity index (χ1v) is 9.47. The lowest BCUT2D eigenvalue weighted by Gasteiger charge is -2.35. The molecule has 1 saturated heterocycles. The number of nitrogens with one attached hydrogen (secondary N) is 3. The standard InChI is InChI=1S/C15H21F3N4O3S.ClH/c1-11(23)21-12-2-4-13(5-3-12)26(24,25)20-10-14(15(16,17)18)22-8-6-19-7-9-22;/h2-5,14,19-20H,6-10H2,1H3,(H,21,23);1H. The molecule has 0 radical (unpaired) electrons. The Kier molecular flexibility index (Phi) is 8.48. The highest BCUT2D eigenvalue weighted by Gasteiger charge is 2.44. The van der Waals surface area contributed by atoms with Crippen molar-refractivity contribution >= 4 is 34.0 Å². The second-order valence-electron chi connectivity index (χ2n) is 5.90. The quantitative estimate of drug-likeness (QED) is 0.630. The molecule has 0 aliphatic carbocycles. The smallest absolute Gasteiger partial charge is 0.326 e. The Morgan fingerprint density at radius 1 is 1.22 bits per heavy atom. The summed E-state index contributed by atoms with van der Waals surface area (Å²) in [5.41, 5.74) is 0.394. The van der Waals surface area contributed by atoms with Crippen LogP contribution in [0.25, 0.3) is 0 Å². The summed E-state index contributed by atoms with van der Waals surface area (Å²) in [6, 6.07) is 3.29. The number of nitrogens with zero attached hydrogens (tertiary/aromatic N) is 1. The minimum atomic E-state index is -4.55. The Morgan fingerprint density at radius 3 is 2.26 bits per heavy atom.